The first-order valence-corrected chi connectivity index (χ1v) is 6.17. The molecule has 0 saturated heterocycles. The lowest BCUT2D eigenvalue weighted by atomic mass is 10.1. The van der Waals surface area contributed by atoms with Crippen molar-refractivity contribution in [3.05, 3.63) is 34.9 Å². The molecule has 5 heteroatoms. The second kappa shape index (κ2) is 5.87. The predicted octanol–water partition coefficient (Wildman–Crippen LogP) is 2.54. The third kappa shape index (κ3) is 3.74. The highest BCUT2D eigenvalue weighted by molar-refractivity contribution is 6.30. The van der Waals surface area contributed by atoms with Crippen LogP contribution in [0.5, 0.6) is 0 Å². The van der Waals surface area contributed by atoms with Gasteiger partial charge in [-0.2, -0.15) is 0 Å². The molecule has 1 heterocycles. The number of benzene rings is 1. The molecule has 18 heavy (non-hydrogen) atoms. The lowest BCUT2D eigenvalue weighted by molar-refractivity contribution is -0.137. The van der Waals surface area contributed by atoms with Gasteiger partial charge in [0.1, 0.15) is 6.61 Å². The van der Waals surface area contributed by atoms with Crippen molar-refractivity contribution in [1.29, 1.82) is 0 Å². The topological polar surface area (TPSA) is 58.9 Å². The number of carbonyl (C=O) groups is 1. The fourth-order valence-electron chi connectivity index (χ4n) is 1.78. The molecule has 0 aromatic heterocycles. The minimum Gasteiger partial charge on any atom is -0.481 e. The number of hydrogen-bond donors (Lipinski definition) is 1. The number of halogens is 1. The summed E-state index contributed by atoms with van der Waals surface area (Å²) in [5, 5.41) is 9.30. The second-order valence-electron chi connectivity index (χ2n) is 4.22. The van der Waals surface area contributed by atoms with E-state index in [9.17, 15) is 4.79 Å². The van der Waals surface area contributed by atoms with E-state index >= 15 is 0 Å². The number of nitrogens with zero attached hydrogens (tertiary/aromatic N) is 1. The van der Waals surface area contributed by atoms with Crippen molar-refractivity contribution in [2.75, 3.05) is 6.61 Å². The molecular weight excluding hydrogens is 254 g/mol. The van der Waals surface area contributed by atoms with E-state index < -0.39 is 5.97 Å². The molecular formula is C13H14ClNO3. The van der Waals surface area contributed by atoms with Crippen LogP contribution in [0.3, 0.4) is 0 Å². The van der Waals surface area contributed by atoms with E-state index in [1.54, 1.807) is 0 Å². The molecule has 1 unspecified atom stereocenters. The predicted molar refractivity (Wildman–Crippen MR) is 69.2 cm³/mol. The van der Waals surface area contributed by atoms with Gasteiger partial charge in [-0.25, -0.2) is 4.99 Å². The summed E-state index contributed by atoms with van der Waals surface area (Å²) in [5.41, 5.74) is 1.08. The van der Waals surface area contributed by atoms with E-state index in [0.717, 1.165) is 5.56 Å². The Morgan fingerprint density at radius 3 is 2.83 bits per heavy atom. The van der Waals surface area contributed by atoms with Crippen LogP contribution in [0.4, 0.5) is 0 Å². The molecule has 0 radical (unpaired) electrons. The van der Waals surface area contributed by atoms with E-state index in [4.69, 9.17) is 21.4 Å². The molecule has 1 aromatic carbocycles. The Labute approximate surface area is 110 Å². The highest BCUT2D eigenvalue weighted by Crippen LogP contribution is 2.15. The Morgan fingerprint density at radius 2 is 2.17 bits per heavy atom. The van der Waals surface area contributed by atoms with Crippen LogP contribution in [-0.4, -0.2) is 29.6 Å². The zero-order valence-corrected chi connectivity index (χ0v) is 10.6. The highest BCUT2D eigenvalue weighted by atomic mass is 35.5. The summed E-state index contributed by atoms with van der Waals surface area (Å²) in [4.78, 5) is 14.8. The maximum absolute atomic E-state index is 10.5. The van der Waals surface area contributed by atoms with Gasteiger partial charge in [-0.05, 0) is 24.1 Å². The Kier molecular flexibility index (Phi) is 4.20. The molecule has 1 N–H and O–H groups in total. The van der Waals surface area contributed by atoms with Crippen LogP contribution in [0.1, 0.15) is 18.4 Å². The molecule has 2 rings (SSSR count). The summed E-state index contributed by atoms with van der Waals surface area (Å²) >= 11 is 5.81. The van der Waals surface area contributed by atoms with Crippen molar-refractivity contribution in [2.24, 2.45) is 4.99 Å². The molecule has 1 atom stereocenters. The minimum atomic E-state index is -0.795. The molecule has 0 spiro atoms. The van der Waals surface area contributed by atoms with E-state index in [1.165, 1.54) is 0 Å². The van der Waals surface area contributed by atoms with Gasteiger partial charge in [0, 0.05) is 17.9 Å². The third-order valence-corrected chi connectivity index (χ3v) is 2.98. The van der Waals surface area contributed by atoms with Gasteiger partial charge >= 0.3 is 5.97 Å². The van der Waals surface area contributed by atoms with Crippen molar-refractivity contribution < 1.29 is 14.6 Å². The van der Waals surface area contributed by atoms with Crippen LogP contribution in [0.2, 0.25) is 5.02 Å². The van der Waals surface area contributed by atoms with Crippen molar-refractivity contribution in [3.8, 4) is 0 Å². The van der Waals surface area contributed by atoms with Crippen molar-refractivity contribution in [2.45, 2.75) is 25.3 Å². The standard InChI is InChI=1S/C13H14ClNO3/c14-10-3-1-9(2-4-10)7-12-15-11(8-18-12)5-6-13(16)17/h1-4,11H,5-8H2,(H,16,17). The fourth-order valence-corrected chi connectivity index (χ4v) is 1.91. The molecule has 0 bridgehead atoms. The van der Waals surface area contributed by atoms with Crippen LogP contribution < -0.4 is 0 Å². The molecule has 1 aliphatic heterocycles. The lowest BCUT2D eigenvalue weighted by Crippen LogP contribution is -2.09. The normalized spacial score (nSPS) is 18.3. The smallest absolute Gasteiger partial charge is 0.303 e. The van der Waals surface area contributed by atoms with E-state index in [2.05, 4.69) is 4.99 Å². The van der Waals surface area contributed by atoms with Gasteiger partial charge in [0.15, 0.2) is 5.90 Å². The monoisotopic (exact) mass is 267 g/mol. The van der Waals surface area contributed by atoms with Gasteiger partial charge in [-0.15, -0.1) is 0 Å². The average molecular weight is 268 g/mol. The van der Waals surface area contributed by atoms with Crippen LogP contribution >= 0.6 is 11.6 Å². The molecule has 96 valence electrons. The fraction of sp³-hybridized carbons (Fsp3) is 0.385. The largest absolute Gasteiger partial charge is 0.481 e. The molecule has 0 aliphatic carbocycles. The summed E-state index contributed by atoms with van der Waals surface area (Å²) in [6.45, 7) is 0.482. The maximum atomic E-state index is 10.5. The van der Waals surface area contributed by atoms with E-state index in [1.807, 2.05) is 24.3 Å². The third-order valence-electron chi connectivity index (χ3n) is 2.73. The Bertz CT molecular complexity index is 456. The van der Waals surface area contributed by atoms with Gasteiger partial charge in [-0.3, -0.25) is 4.79 Å². The number of rotatable bonds is 5. The number of carboxylic acids is 1. The van der Waals surface area contributed by atoms with Gasteiger partial charge in [0.05, 0.1) is 6.04 Å². The number of hydrogen-bond acceptors (Lipinski definition) is 3. The zero-order chi connectivity index (χ0) is 13.0. The summed E-state index contributed by atoms with van der Waals surface area (Å²) in [6, 6.07) is 7.49. The second-order valence-corrected chi connectivity index (χ2v) is 4.66. The number of aliphatic imine (C=N–C) groups is 1. The number of ether oxygens (including phenoxy) is 1. The zero-order valence-electron chi connectivity index (χ0n) is 9.80. The van der Waals surface area contributed by atoms with E-state index in [-0.39, 0.29) is 12.5 Å². The summed E-state index contributed by atoms with van der Waals surface area (Å²) in [6.07, 6.45) is 1.28. The molecule has 4 nitrogen and oxygen atoms in total. The van der Waals surface area contributed by atoms with E-state index in [0.29, 0.717) is 30.4 Å². The SMILES string of the molecule is O=C(O)CCC1COC(Cc2ccc(Cl)cc2)=N1. The van der Waals surface area contributed by atoms with Crippen LogP contribution in [0.15, 0.2) is 29.3 Å². The number of carboxylic acid groups (broad SMARTS) is 1. The Balaban J connectivity index is 1.88. The molecule has 0 saturated carbocycles. The first-order chi connectivity index (χ1) is 8.63. The highest BCUT2D eigenvalue weighted by Gasteiger charge is 2.19. The molecule has 0 fully saturated rings. The lowest BCUT2D eigenvalue weighted by Gasteiger charge is -2.01. The maximum Gasteiger partial charge on any atom is 0.303 e. The van der Waals surface area contributed by atoms with Gasteiger partial charge in [-0.1, -0.05) is 23.7 Å². The minimum absolute atomic E-state index is 0.0246. The molecule has 0 amide bonds. The quantitative estimate of drug-likeness (QED) is 0.892. The van der Waals surface area contributed by atoms with Gasteiger partial charge in [0.2, 0.25) is 0 Å². The molecule has 1 aromatic rings. The number of aliphatic carboxylic acids is 1. The van der Waals surface area contributed by atoms with Gasteiger partial charge < -0.3 is 9.84 Å². The first kappa shape index (κ1) is 12.9. The Morgan fingerprint density at radius 1 is 1.44 bits per heavy atom. The van der Waals surface area contributed by atoms with Crippen molar-refractivity contribution >= 4 is 23.5 Å². The van der Waals surface area contributed by atoms with Crippen LogP contribution in [-0.2, 0) is 16.0 Å². The summed E-state index contributed by atoms with van der Waals surface area (Å²) < 4.78 is 5.46. The van der Waals surface area contributed by atoms with Crippen molar-refractivity contribution in [3.63, 3.8) is 0 Å². The van der Waals surface area contributed by atoms with Crippen molar-refractivity contribution in [1.82, 2.24) is 0 Å². The van der Waals surface area contributed by atoms with Crippen LogP contribution in [0.25, 0.3) is 0 Å². The molecule has 1 aliphatic rings. The summed E-state index contributed by atoms with van der Waals surface area (Å²) in [7, 11) is 0. The van der Waals surface area contributed by atoms with Crippen LogP contribution in [0, 0.1) is 0 Å². The van der Waals surface area contributed by atoms with Gasteiger partial charge in [0.25, 0.3) is 0 Å². The first-order valence-electron chi connectivity index (χ1n) is 5.79. The Hall–Kier alpha value is -1.55. The summed E-state index contributed by atoms with van der Waals surface area (Å²) in [5.74, 6) is -0.121. The average Bonchev–Trinajstić information content (AvgIpc) is 2.77.